The molecule has 1 aliphatic carbocycles. The van der Waals surface area contributed by atoms with Gasteiger partial charge in [0.1, 0.15) is 6.17 Å². The SMILES string of the molecule is NCC1(C(F)c2ccc(Br)cc2)CC1. The third kappa shape index (κ3) is 1.71. The highest BCUT2D eigenvalue weighted by molar-refractivity contribution is 9.10. The Labute approximate surface area is 91.6 Å². The van der Waals surface area contributed by atoms with Gasteiger partial charge in [-0.2, -0.15) is 0 Å². The van der Waals surface area contributed by atoms with Gasteiger partial charge in [-0.15, -0.1) is 0 Å². The van der Waals surface area contributed by atoms with Crippen LogP contribution in [0.15, 0.2) is 28.7 Å². The molecule has 1 atom stereocenters. The van der Waals surface area contributed by atoms with E-state index in [0.29, 0.717) is 6.54 Å². The van der Waals surface area contributed by atoms with Gasteiger partial charge in [0.25, 0.3) is 0 Å². The Hall–Kier alpha value is -0.410. The lowest BCUT2D eigenvalue weighted by molar-refractivity contribution is 0.217. The lowest BCUT2D eigenvalue weighted by Gasteiger charge is -2.18. The van der Waals surface area contributed by atoms with E-state index in [1.165, 1.54) is 0 Å². The minimum Gasteiger partial charge on any atom is -0.330 e. The normalized spacial score (nSPS) is 20.5. The first-order chi connectivity index (χ1) is 6.68. The smallest absolute Gasteiger partial charge is 0.132 e. The van der Waals surface area contributed by atoms with Gasteiger partial charge in [-0.25, -0.2) is 4.39 Å². The van der Waals surface area contributed by atoms with Crippen molar-refractivity contribution in [2.75, 3.05) is 6.54 Å². The van der Waals surface area contributed by atoms with Gasteiger partial charge in [-0.3, -0.25) is 0 Å². The van der Waals surface area contributed by atoms with E-state index < -0.39 is 6.17 Å². The van der Waals surface area contributed by atoms with Crippen LogP contribution < -0.4 is 5.73 Å². The predicted octanol–water partition coefficient (Wildman–Crippen LogP) is 3.20. The highest BCUT2D eigenvalue weighted by Gasteiger charge is 2.49. The van der Waals surface area contributed by atoms with E-state index in [1.54, 1.807) is 0 Å². The minimum atomic E-state index is -0.902. The van der Waals surface area contributed by atoms with Crippen molar-refractivity contribution in [3.8, 4) is 0 Å². The van der Waals surface area contributed by atoms with Gasteiger partial charge < -0.3 is 5.73 Å². The lowest BCUT2D eigenvalue weighted by atomic mass is 9.94. The first kappa shape index (κ1) is 10.1. The van der Waals surface area contributed by atoms with Crippen LogP contribution in [-0.4, -0.2) is 6.54 Å². The maximum atomic E-state index is 14.0. The first-order valence-corrected chi connectivity index (χ1v) is 5.57. The maximum Gasteiger partial charge on any atom is 0.132 e. The van der Waals surface area contributed by atoms with Crippen molar-refractivity contribution in [3.63, 3.8) is 0 Å². The molecule has 0 heterocycles. The van der Waals surface area contributed by atoms with Crippen LogP contribution >= 0.6 is 15.9 Å². The van der Waals surface area contributed by atoms with Gasteiger partial charge in [-0.05, 0) is 30.5 Å². The van der Waals surface area contributed by atoms with Crippen LogP contribution in [0.3, 0.4) is 0 Å². The van der Waals surface area contributed by atoms with Crippen LogP contribution in [0.5, 0.6) is 0 Å². The highest BCUT2D eigenvalue weighted by Crippen LogP contribution is 2.55. The number of rotatable bonds is 3. The van der Waals surface area contributed by atoms with Crippen LogP contribution in [0.1, 0.15) is 24.6 Å². The molecule has 1 aliphatic rings. The van der Waals surface area contributed by atoms with E-state index in [2.05, 4.69) is 15.9 Å². The Bertz CT molecular complexity index is 319. The zero-order valence-electron chi connectivity index (χ0n) is 7.84. The molecule has 1 unspecified atom stereocenters. The summed E-state index contributed by atoms with van der Waals surface area (Å²) in [6, 6.07) is 7.39. The molecule has 1 fully saturated rings. The van der Waals surface area contributed by atoms with E-state index in [1.807, 2.05) is 24.3 Å². The molecular weight excluding hydrogens is 245 g/mol. The largest absolute Gasteiger partial charge is 0.330 e. The fourth-order valence-corrected chi connectivity index (χ4v) is 1.97. The average molecular weight is 258 g/mol. The Kier molecular flexibility index (Phi) is 2.62. The second-order valence-electron chi connectivity index (χ2n) is 3.98. The molecule has 1 aromatic rings. The quantitative estimate of drug-likeness (QED) is 0.885. The fourth-order valence-electron chi connectivity index (χ4n) is 1.71. The van der Waals surface area contributed by atoms with Crippen molar-refractivity contribution in [2.24, 2.45) is 11.1 Å². The summed E-state index contributed by atoms with van der Waals surface area (Å²) in [6.07, 6.45) is 0.933. The maximum absolute atomic E-state index is 14.0. The van der Waals surface area contributed by atoms with Crippen LogP contribution in [0.2, 0.25) is 0 Å². The summed E-state index contributed by atoms with van der Waals surface area (Å²) in [5.41, 5.74) is 6.08. The molecular formula is C11H13BrFN. The third-order valence-electron chi connectivity index (χ3n) is 3.00. The van der Waals surface area contributed by atoms with E-state index >= 15 is 0 Å². The van der Waals surface area contributed by atoms with Gasteiger partial charge in [0.15, 0.2) is 0 Å². The molecule has 14 heavy (non-hydrogen) atoms. The molecule has 0 aromatic heterocycles. The number of hydrogen-bond acceptors (Lipinski definition) is 1. The van der Waals surface area contributed by atoms with E-state index in [-0.39, 0.29) is 5.41 Å². The minimum absolute atomic E-state index is 0.256. The second kappa shape index (κ2) is 3.63. The van der Waals surface area contributed by atoms with Crippen molar-refractivity contribution in [1.82, 2.24) is 0 Å². The highest BCUT2D eigenvalue weighted by atomic mass is 79.9. The summed E-state index contributed by atoms with van der Waals surface area (Å²) < 4.78 is 15.0. The van der Waals surface area contributed by atoms with Crippen molar-refractivity contribution in [3.05, 3.63) is 34.3 Å². The molecule has 1 aromatic carbocycles. The van der Waals surface area contributed by atoms with Crippen molar-refractivity contribution in [1.29, 1.82) is 0 Å². The molecule has 0 bridgehead atoms. The number of hydrogen-bond donors (Lipinski definition) is 1. The van der Waals surface area contributed by atoms with Crippen LogP contribution in [0.25, 0.3) is 0 Å². The monoisotopic (exact) mass is 257 g/mol. The Morgan fingerprint density at radius 2 is 1.93 bits per heavy atom. The first-order valence-electron chi connectivity index (χ1n) is 4.77. The van der Waals surface area contributed by atoms with Gasteiger partial charge in [0.05, 0.1) is 0 Å². The summed E-state index contributed by atoms with van der Waals surface area (Å²) in [7, 11) is 0. The van der Waals surface area contributed by atoms with Gasteiger partial charge in [0.2, 0.25) is 0 Å². The summed E-state index contributed by atoms with van der Waals surface area (Å²) in [5.74, 6) is 0. The Morgan fingerprint density at radius 1 is 1.36 bits per heavy atom. The molecule has 3 heteroatoms. The zero-order chi connectivity index (χ0) is 10.2. The summed E-state index contributed by atoms with van der Waals surface area (Å²) in [6.45, 7) is 0.449. The molecule has 0 aliphatic heterocycles. The Morgan fingerprint density at radius 3 is 2.36 bits per heavy atom. The lowest BCUT2D eigenvalue weighted by Crippen LogP contribution is -2.20. The number of alkyl halides is 1. The fraction of sp³-hybridized carbons (Fsp3) is 0.455. The second-order valence-corrected chi connectivity index (χ2v) is 4.90. The van der Waals surface area contributed by atoms with Crippen LogP contribution in [-0.2, 0) is 0 Å². The zero-order valence-corrected chi connectivity index (χ0v) is 9.43. The van der Waals surface area contributed by atoms with E-state index in [9.17, 15) is 4.39 Å². The number of nitrogens with two attached hydrogens (primary N) is 1. The van der Waals surface area contributed by atoms with Crippen LogP contribution in [0.4, 0.5) is 4.39 Å². The molecule has 0 saturated heterocycles. The molecule has 1 saturated carbocycles. The average Bonchev–Trinajstić information content (AvgIpc) is 2.99. The number of halogens is 2. The summed E-state index contributed by atoms with van der Waals surface area (Å²) >= 11 is 3.33. The van der Waals surface area contributed by atoms with Crippen molar-refractivity contribution < 1.29 is 4.39 Å². The standard InChI is InChI=1S/C11H13BrFN/c12-9-3-1-8(2-4-9)10(13)11(7-14)5-6-11/h1-4,10H,5-7,14H2. The molecule has 0 radical (unpaired) electrons. The molecule has 1 nitrogen and oxygen atoms in total. The third-order valence-corrected chi connectivity index (χ3v) is 3.53. The van der Waals surface area contributed by atoms with Gasteiger partial charge in [0, 0.05) is 16.4 Å². The molecule has 2 N–H and O–H groups in total. The van der Waals surface area contributed by atoms with E-state index in [4.69, 9.17) is 5.73 Å². The Balaban J connectivity index is 2.19. The molecule has 0 spiro atoms. The number of benzene rings is 1. The van der Waals surface area contributed by atoms with Gasteiger partial charge in [-0.1, -0.05) is 28.1 Å². The van der Waals surface area contributed by atoms with Crippen molar-refractivity contribution >= 4 is 15.9 Å². The summed E-state index contributed by atoms with van der Waals surface area (Å²) in [4.78, 5) is 0. The predicted molar refractivity (Wildman–Crippen MR) is 58.7 cm³/mol. The molecule has 76 valence electrons. The van der Waals surface area contributed by atoms with Crippen LogP contribution in [0, 0.1) is 5.41 Å². The van der Waals surface area contributed by atoms with Crippen molar-refractivity contribution in [2.45, 2.75) is 19.0 Å². The topological polar surface area (TPSA) is 26.0 Å². The van der Waals surface area contributed by atoms with Gasteiger partial charge >= 0.3 is 0 Å². The molecule has 0 amide bonds. The van der Waals surface area contributed by atoms with E-state index in [0.717, 1.165) is 22.9 Å². The molecule has 2 rings (SSSR count). The summed E-state index contributed by atoms with van der Waals surface area (Å²) in [5, 5.41) is 0.